The number of rotatable bonds is 6. The highest BCUT2D eigenvalue weighted by molar-refractivity contribution is 7.92. The van der Waals surface area contributed by atoms with Crippen molar-refractivity contribution in [1.82, 2.24) is 0 Å². The second-order valence-electron chi connectivity index (χ2n) is 5.06. The first-order valence-electron chi connectivity index (χ1n) is 6.97. The Kier molecular flexibility index (Phi) is 6.38. The maximum atomic E-state index is 12.5. The van der Waals surface area contributed by atoms with E-state index in [1.54, 1.807) is 0 Å². The molecular weight excluding hydrogens is 441 g/mol. The number of carboxylic acid groups (broad SMARTS) is 1. The van der Waals surface area contributed by atoms with E-state index in [-0.39, 0.29) is 31.2 Å². The number of benzene rings is 2. The molecule has 0 bridgehead atoms. The van der Waals surface area contributed by atoms with Crippen LogP contribution in [-0.4, -0.2) is 30.4 Å². The van der Waals surface area contributed by atoms with E-state index in [0.29, 0.717) is 6.08 Å². The molecule has 7 nitrogen and oxygen atoms in total. The van der Waals surface area contributed by atoms with Crippen molar-refractivity contribution in [2.75, 3.05) is 4.72 Å². The molecular formula is C16H10Cl3NO6S. The molecule has 2 aromatic carbocycles. The van der Waals surface area contributed by atoms with Gasteiger partial charge in [-0.3, -0.25) is 9.52 Å². The van der Waals surface area contributed by atoms with Gasteiger partial charge in [0, 0.05) is 17.3 Å². The van der Waals surface area contributed by atoms with Crippen LogP contribution in [0.15, 0.2) is 53.1 Å². The zero-order valence-electron chi connectivity index (χ0n) is 13.1. The zero-order valence-corrected chi connectivity index (χ0v) is 16.2. The molecule has 0 atom stereocenters. The molecule has 3 N–H and O–H groups in total. The first-order valence-corrected chi connectivity index (χ1v) is 9.59. The molecule has 0 heterocycles. The van der Waals surface area contributed by atoms with Gasteiger partial charge >= 0.3 is 5.97 Å². The fraction of sp³-hybridized carbons (Fsp3) is 0. The van der Waals surface area contributed by atoms with E-state index in [1.165, 1.54) is 30.3 Å². The number of allylic oxidation sites excluding steroid dienone is 1. The summed E-state index contributed by atoms with van der Waals surface area (Å²) in [5.74, 6) is -3.65. The van der Waals surface area contributed by atoms with Crippen LogP contribution in [0.5, 0.6) is 0 Å². The molecule has 11 heteroatoms. The van der Waals surface area contributed by atoms with Crippen LogP contribution in [0.3, 0.4) is 0 Å². The summed E-state index contributed by atoms with van der Waals surface area (Å²) in [5, 5.41) is 17.4. The first-order chi connectivity index (χ1) is 12.5. The SMILES string of the molecule is O=C(O)/C(O)=C/C(=O)c1cccc(NS(=O)(=O)c2ccc(Cl)c(Cl)c2Cl)c1. The monoisotopic (exact) mass is 449 g/mol. The molecule has 0 aromatic heterocycles. The van der Waals surface area contributed by atoms with E-state index in [0.717, 1.165) is 6.07 Å². The van der Waals surface area contributed by atoms with Crippen molar-refractivity contribution in [1.29, 1.82) is 0 Å². The average molecular weight is 451 g/mol. The molecule has 2 rings (SSSR count). The van der Waals surface area contributed by atoms with Crippen LogP contribution < -0.4 is 4.72 Å². The number of sulfonamides is 1. The number of halogens is 3. The molecule has 0 saturated heterocycles. The second kappa shape index (κ2) is 8.18. The Hall–Kier alpha value is -2.26. The Labute approximate surface area is 168 Å². The van der Waals surface area contributed by atoms with Gasteiger partial charge in [0.15, 0.2) is 5.78 Å². The molecule has 0 fully saturated rings. The zero-order chi connectivity index (χ0) is 20.4. The smallest absolute Gasteiger partial charge is 0.371 e. The Morgan fingerprint density at radius 1 is 1.00 bits per heavy atom. The number of carbonyl (C=O) groups is 2. The highest BCUT2D eigenvalue weighted by Gasteiger charge is 2.21. The maximum Gasteiger partial charge on any atom is 0.371 e. The summed E-state index contributed by atoms with van der Waals surface area (Å²) in [6, 6.07) is 7.65. The van der Waals surface area contributed by atoms with Gasteiger partial charge < -0.3 is 10.2 Å². The van der Waals surface area contributed by atoms with E-state index in [2.05, 4.69) is 4.72 Å². The van der Waals surface area contributed by atoms with Crippen molar-refractivity contribution in [2.24, 2.45) is 0 Å². The second-order valence-corrected chi connectivity index (χ2v) is 7.87. The first kappa shape index (κ1) is 21.0. The van der Waals surface area contributed by atoms with Gasteiger partial charge in [0.2, 0.25) is 5.76 Å². The Morgan fingerprint density at radius 2 is 1.67 bits per heavy atom. The van der Waals surface area contributed by atoms with Gasteiger partial charge in [-0.25, -0.2) is 13.2 Å². The van der Waals surface area contributed by atoms with E-state index in [4.69, 9.17) is 45.0 Å². The van der Waals surface area contributed by atoms with Crippen LogP contribution in [0.2, 0.25) is 15.1 Å². The van der Waals surface area contributed by atoms with E-state index >= 15 is 0 Å². The van der Waals surface area contributed by atoms with Crippen LogP contribution in [0.1, 0.15) is 10.4 Å². The predicted molar refractivity (Wildman–Crippen MR) is 101 cm³/mol. The number of carbonyl (C=O) groups excluding carboxylic acids is 1. The number of nitrogens with one attached hydrogen (secondary N) is 1. The number of aliphatic carboxylic acids is 1. The normalized spacial score (nSPS) is 11.9. The molecule has 0 unspecified atom stereocenters. The minimum atomic E-state index is -4.16. The molecule has 0 aliphatic carbocycles. The van der Waals surface area contributed by atoms with Gasteiger partial charge in [0.1, 0.15) is 4.90 Å². The lowest BCUT2D eigenvalue weighted by Crippen LogP contribution is -2.14. The topological polar surface area (TPSA) is 121 Å². The third kappa shape index (κ3) is 4.92. The fourth-order valence-electron chi connectivity index (χ4n) is 1.93. The third-order valence-corrected chi connectivity index (χ3v) is 6.00. The van der Waals surface area contributed by atoms with E-state index in [1.807, 2.05) is 0 Å². The number of anilines is 1. The summed E-state index contributed by atoms with van der Waals surface area (Å²) in [6.07, 6.45) is 0.506. The number of aliphatic hydroxyl groups excluding tert-OH is 1. The van der Waals surface area contributed by atoms with Gasteiger partial charge in [0.05, 0.1) is 15.1 Å². The summed E-state index contributed by atoms with van der Waals surface area (Å²) in [7, 11) is -4.16. The van der Waals surface area contributed by atoms with E-state index in [9.17, 15) is 18.0 Å². The van der Waals surface area contributed by atoms with Crippen LogP contribution in [0.25, 0.3) is 0 Å². The Balaban J connectivity index is 2.36. The minimum Gasteiger partial charge on any atom is -0.502 e. The summed E-state index contributed by atoms with van der Waals surface area (Å²) in [4.78, 5) is 22.2. The van der Waals surface area contributed by atoms with Crippen molar-refractivity contribution in [3.63, 3.8) is 0 Å². The van der Waals surface area contributed by atoms with Crippen LogP contribution in [-0.2, 0) is 14.8 Å². The minimum absolute atomic E-state index is 0.00574. The number of hydrogen-bond donors (Lipinski definition) is 3. The van der Waals surface area contributed by atoms with Crippen molar-refractivity contribution in [2.45, 2.75) is 4.90 Å². The number of aliphatic hydroxyl groups is 1. The number of ketones is 1. The molecule has 0 aliphatic heterocycles. The Morgan fingerprint density at radius 3 is 2.30 bits per heavy atom. The third-order valence-electron chi connectivity index (χ3n) is 3.18. The standard InChI is InChI=1S/C16H10Cl3NO6S/c17-10-4-5-13(15(19)14(10)18)27(25,26)20-9-3-1-2-8(6-9)11(21)7-12(22)16(23)24/h1-7,20,22H,(H,23,24)/b12-7-. The van der Waals surface area contributed by atoms with E-state index < -0.39 is 27.5 Å². The fourth-order valence-corrected chi connectivity index (χ4v) is 3.96. The summed E-state index contributed by atoms with van der Waals surface area (Å²) < 4.78 is 27.3. The van der Waals surface area contributed by atoms with Crippen LogP contribution in [0, 0.1) is 0 Å². The van der Waals surface area contributed by atoms with Crippen LogP contribution in [0.4, 0.5) is 5.69 Å². The lowest BCUT2D eigenvalue weighted by Gasteiger charge is -2.11. The molecule has 142 valence electrons. The van der Waals surface area contributed by atoms with Gasteiger partial charge in [0.25, 0.3) is 10.0 Å². The summed E-state index contributed by atoms with van der Waals surface area (Å²) in [6.45, 7) is 0. The van der Waals surface area contributed by atoms with Gasteiger partial charge in [-0.05, 0) is 24.3 Å². The van der Waals surface area contributed by atoms with Gasteiger partial charge in [-0.15, -0.1) is 0 Å². The highest BCUT2D eigenvalue weighted by Crippen LogP contribution is 2.35. The highest BCUT2D eigenvalue weighted by atomic mass is 35.5. The molecule has 0 radical (unpaired) electrons. The van der Waals surface area contributed by atoms with Crippen molar-refractivity contribution in [3.05, 3.63) is 68.9 Å². The van der Waals surface area contributed by atoms with Gasteiger partial charge in [-0.2, -0.15) is 0 Å². The molecule has 0 aliphatic rings. The number of carboxylic acids is 1. The predicted octanol–water partition coefficient (Wildman–Crippen LogP) is 4.16. The number of hydrogen-bond acceptors (Lipinski definition) is 5. The molecule has 0 amide bonds. The molecule has 27 heavy (non-hydrogen) atoms. The van der Waals surface area contributed by atoms with Crippen molar-refractivity contribution in [3.8, 4) is 0 Å². The Bertz CT molecular complexity index is 1070. The molecule has 2 aromatic rings. The quantitative estimate of drug-likeness (QED) is 0.263. The van der Waals surface area contributed by atoms with Crippen LogP contribution >= 0.6 is 34.8 Å². The lowest BCUT2D eigenvalue weighted by molar-refractivity contribution is -0.135. The maximum absolute atomic E-state index is 12.5. The molecule has 0 saturated carbocycles. The van der Waals surface area contributed by atoms with Crippen molar-refractivity contribution < 1.29 is 28.2 Å². The summed E-state index contributed by atoms with van der Waals surface area (Å²) in [5.41, 5.74) is -0.0468. The largest absolute Gasteiger partial charge is 0.502 e. The van der Waals surface area contributed by atoms with Gasteiger partial charge in [-0.1, -0.05) is 46.9 Å². The lowest BCUT2D eigenvalue weighted by atomic mass is 10.1. The molecule has 0 spiro atoms. The van der Waals surface area contributed by atoms with Crippen molar-refractivity contribution >= 4 is 62.3 Å². The average Bonchev–Trinajstić information content (AvgIpc) is 2.59. The summed E-state index contributed by atoms with van der Waals surface area (Å²) >= 11 is 17.6.